The van der Waals surface area contributed by atoms with Crippen molar-refractivity contribution in [3.8, 4) is 5.75 Å². The number of methoxy groups -OCH3 is 1. The second-order valence-electron chi connectivity index (χ2n) is 8.75. The van der Waals surface area contributed by atoms with Crippen molar-refractivity contribution in [2.24, 2.45) is 5.11 Å². The van der Waals surface area contributed by atoms with Gasteiger partial charge in [-0.15, -0.1) is 0 Å². The minimum absolute atomic E-state index is 0.577. The van der Waals surface area contributed by atoms with E-state index < -0.39 is 8.07 Å². The summed E-state index contributed by atoms with van der Waals surface area (Å²) in [5.41, 5.74) is 16.6. The van der Waals surface area contributed by atoms with Crippen LogP contribution < -0.4 is 9.92 Å². The molecule has 1 aliphatic carbocycles. The monoisotopic (exact) mass is 427 g/mol. The second-order valence-corrected chi connectivity index (χ2v) is 13.1. The Kier molecular flexibility index (Phi) is 5.21. The highest BCUT2D eigenvalue weighted by atomic mass is 28.3. The van der Waals surface area contributed by atoms with Crippen LogP contribution in [0.15, 0.2) is 70.5 Å². The molecule has 0 saturated heterocycles. The molecule has 5 nitrogen and oxygen atoms in total. The number of hydrogen-bond acceptors (Lipinski definition) is 2. The van der Waals surface area contributed by atoms with Gasteiger partial charge in [0.1, 0.15) is 27.9 Å². The van der Waals surface area contributed by atoms with Gasteiger partial charge in [0.05, 0.1) is 7.11 Å². The maximum Gasteiger partial charge on any atom is 0.199 e. The Balaban J connectivity index is 2.14. The fourth-order valence-corrected chi connectivity index (χ4v) is 7.67. The van der Waals surface area contributed by atoms with Crippen molar-refractivity contribution in [2.45, 2.75) is 20.0 Å². The van der Waals surface area contributed by atoms with Gasteiger partial charge < -0.3 is 4.74 Å². The summed E-state index contributed by atoms with van der Waals surface area (Å²) in [5, 5.41) is 6.67. The molecule has 0 unspecified atom stereocenters. The predicted molar refractivity (Wildman–Crippen MR) is 130 cm³/mol. The molecule has 156 valence electrons. The van der Waals surface area contributed by atoms with Gasteiger partial charge in [-0.25, -0.2) is 4.58 Å². The lowest BCUT2D eigenvalue weighted by Crippen LogP contribution is -2.49. The van der Waals surface area contributed by atoms with E-state index in [0.717, 1.165) is 16.9 Å². The molecule has 2 aliphatic rings. The Morgan fingerprint density at radius 2 is 1.81 bits per heavy atom. The van der Waals surface area contributed by atoms with Crippen LogP contribution in [0, 0.1) is 6.92 Å². The van der Waals surface area contributed by atoms with Crippen molar-refractivity contribution in [1.82, 2.24) is 0 Å². The quantitative estimate of drug-likeness (QED) is 0.212. The van der Waals surface area contributed by atoms with Gasteiger partial charge in [-0.3, -0.25) is 0 Å². The number of azide groups is 1. The predicted octanol–water partition coefficient (Wildman–Crippen LogP) is 5.42. The first kappa shape index (κ1) is 20.9. The van der Waals surface area contributed by atoms with Crippen LogP contribution >= 0.6 is 0 Å². The minimum atomic E-state index is -1.94. The molecule has 0 fully saturated rings. The molecule has 0 spiro atoms. The highest BCUT2D eigenvalue weighted by Crippen LogP contribution is 2.44. The summed E-state index contributed by atoms with van der Waals surface area (Å²) >= 11 is 0. The van der Waals surface area contributed by atoms with E-state index in [9.17, 15) is 0 Å². The molecule has 6 heteroatoms. The lowest BCUT2D eigenvalue weighted by Gasteiger charge is -2.38. The van der Waals surface area contributed by atoms with Crippen molar-refractivity contribution in [2.75, 3.05) is 21.2 Å². The number of benzene rings is 2. The number of hydrogen-bond donors (Lipinski definition) is 0. The number of nitrogens with zero attached hydrogens (tertiary/aromatic N) is 4. The second kappa shape index (κ2) is 7.73. The number of allylic oxidation sites excluding steroid dienone is 5. The Bertz CT molecular complexity index is 1270. The highest BCUT2D eigenvalue weighted by molar-refractivity contribution is 6.98. The molecule has 0 aromatic heterocycles. The lowest BCUT2D eigenvalue weighted by molar-refractivity contribution is -0.462. The zero-order valence-electron chi connectivity index (χ0n) is 18.9. The summed E-state index contributed by atoms with van der Waals surface area (Å²) in [7, 11) is 3.89. The Morgan fingerprint density at radius 3 is 2.48 bits per heavy atom. The molecule has 1 aliphatic heterocycles. The highest BCUT2D eigenvalue weighted by Gasteiger charge is 2.40. The topological polar surface area (TPSA) is 61.0 Å². The van der Waals surface area contributed by atoms with E-state index in [4.69, 9.17) is 10.3 Å². The third kappa shape index (κ3) is 3.44. The van der Waals surface area contributed by atoms with Gasteiger partial charge in [0.15, 0.2) is 5.71 Å². The van der Waals surface area contributed by atoms with Gasteiger partial charge in [-0.1, -0.05) is 42.0 Å². The first-order valence-electron chi connectivity index (χ1n) is 10.3. The number of fused-ring (bicyclic) bond motifs is 2. The van der Waals surface area contributed by atoms with E-state index in [1.54, 1.807) is 13.2 Å². The average Bonchev–Trinajstić information content (AvgIpc) is 2.74. The third-order valence-corrected chi connectivity index (χ3v) is 9.71. The minimum Gasteiger partial charge on any atom is -0.496 e. The zero-order chi connectivity index (χ0) is 22.3. The van der Waals surface area contributed by atoms with Crippen LogP contribution in [-0.2, 0) is 0 Å². The van der Waals surface area contributed by atoms with E-state index in [2.05, 4.69) is 85.1 Å². The van der Waals surface area contributed by atoms with Crippen molar-refractivity contribution in [3.63, 3.8) is 0 Å². The molecule has 31 heavy (non-hydrogen) atoms. The van der Waals surface area contributed by atoms with Crippen LogP contribution in [0.2, 0.25) is 13.1 Å². The number of aryl methyl sites for hydroxylation is 1. The van der Waals surface area contributed by atoms with Gasteiger partial charge >= 0.3 is 0 Å². The average molecular weight is 428 g/mol. The van der Waals surface area contributed by atoms with E-state index in [-0.39, 0.29) is 0 Å². The van der Waals surface area contributed by atoms with E-state index in [0.29, 0.717) is 5.69 Å². The fourth-order valence-electron chi connectivity index (χ4n) is 4.52. The van der Waals surface area contributed by atoms with Crippen LogP contribution in [0.1, 0.15) is 16.7 Å². The normalized spacial score (nSPS) is 16.2. The Morgan fingerprint density at radius 1 is 1.03 bits per heavy atom. The van der Waals surface area contributed by atoms with Gasteiger partial charge in [0.2, 0.25) is 0 Å². The fraction of sp³-hybridized carbons (Fsp3) is 0.240. The maximum absolute atomic E-state index is 8.97. The molecule has 2 aromatic carbocycles. The van der Waals surface area contributed by atoms with E-state index in [1.807, 2.05) is 12.1 Å². The van der Waals surface area contributed by atoms with Crippen molar-refractivity contribution < 1.29 is 9.31 Å². The van der Waals surface area contributed by atoms with Gasteiger partial charge in [0, 0.05) is 28.3 Å². The SMILES string of the molecule is COc1ccc(N=[N+]=[N-])cc1C1=C2C=CC(=[N+](C)C)C=C2[Si](C)(C)c2cc(C)ccc21. The largest absolute Gasteiger partial charge is 0.496 e. The summed E-state index contributed by atoms with van der Waals surface area (Å²) in [6.07, 6.45) is 6.75. The van der Waals surface area contributed by atoms with Gasteiger partial charge in [-0.05, 0) is 63.8 Å². The first-order valence-corrected chi connectivity index (χ1v) is 13.3. The maximum atomic E-state index is 8.97. The van der Waals surface area contributed by atoms with Crippen LogP contribution in [0.25, 0.3) is 16.0 Å². The molecular formula is C25H27N4OSi+. The van der Waals surface area contributed by atoms with Crippen molar-refractivity contribution in [1.29, 1.82) is 0 Å². The van der Waals surface area contributed by atoms with Crippen LogP contribution in [-0.4, -0.2) is 39.6 Å². The first-order chi connectivity index (χ1) is 14.8. The van der Waals surface area contributed by atoms with Gasteiger partial charge in [0.25, 0.3) is 0 Å². The lowest BCUT2D eigenvalue weighted by atomic mass is 9.88. The standard InChI is InChI=1S/C25H27N4OSi/c1-16-7-10-19-23(13-16)31(5,6)24-15-18(29(2)3)9-11-20(24)25(19)21-14-17(27-28-26)8-12-22(21)30-4/h7-15H,1-6H3/q+1. The molecule has 1 heterocycles. The summed E-state index contributed by atoms with van der Waals surface area (Å²) < 4.78 is 7.90. The molecule has 0 amide bonds. The van der Waals surface area contributed by atoms with Gasteiger partial charge in [-0.2, -0.15) is 0 Å². The number of rotatable bonds is 3. The van der Waals surface area contributed by atoms with Crippen LogP contribution in [0.3, 0.4) is 0 Å². The van der Waals surface area contributed by atoms with Crippen LogP contribution in [0.5, 0.6) is 5.75 Å². The number of ether oxygens (including phenoxy) is 1. The molecule has 0 atom stereocenters. The van der Waals surface area contributed by atoms with Crippen LogP contribution in [0.4, 0.5) is 5.69 Å². The molecule has 0 bridgehead atoms. The molecule has 0 radical (unpaired) electrons. The summed E-state index contributed by atoms with van der Waals surface area (Å²) in [5.74, 6) is 0.766. The third-order valence-electron chi connectivity index (χ3n) is 6.19. The van der Waals surface area contributed by atoms with E-state index in [1.165, 1.54) is 32.8 Å². The molecule has 4 rings (SSSR count). The Labute approximate surface area is 184 Å². The summed E-state index contributed by atoms with van der Waals surface area (Å²) in [4.78, 5) is 2.98. The summed E-state index contributed by atoms with van der Waals surface area (Å²) in [6, 6.07) is 12.3. The summed E-state index contributed by atoms with van der Waals surface area (Å²) in [6.45, 7) is 7.00. The zero-order valence-corrected chi connectivity index (χ0v) is 19.9. The molecule has 0 saturated carbocycles. The molecular weight excluding hydrogens is 400 g/mol. The molecule has 0 N–H and O–H groups in total. The Hall–Kier alpha value is -3.34. The van der Waals surface area contributed by atoms with E-state index >= 15 is 0 Å². The van der Waals surface area contributed by atoms with Crippen molar-refractivity contribution in [3.05, 3.63) is 92.5 Å². The van der Waals surface area contributed by atoms with Crippen molar-refractivity contribution >= 4 is 30.2 Å². The smallest absolute Gasteiger partial charge is 0.199 e. The molecule has 2 aromatic rings.